The van der Waals surface area contributed by atoms with Gasteiger partial charge in [0, 0.05) is 6.66 Å². The maximum Gasteiger partial charge on any atom is 0.469 e. The molecule has 0 saturated carbocycles. The highest BCUT2D eigenvalue weighted by Gasteiger charge is 2.40. The van der Waals surface area contributed by atoms with Gasteiger partial charge in [0.25, 0.3) is 0 Å². The van der Waals surface area contributed by atoms with E-state index in [4.69, 9.17) is 9.05 Å². The van der Waals surface area contributed by atoms with Crippen molar-refractivity contribution >= 4 is 21.2 Å². The molecule has 0 bridgehead atoms. The van der Waals surface area contributed by atoms with Crippen LogP contribution in [0.4, 0.5) is 0 Å². The second kappa shape index (κ2) is 18.7. The van der Waals surface area contributed by atoms with Crippen LogP contribution in [0.25, 0.3) is 0 Å². The lowest BCUT2D eigenvalue weighted by Gasteiger charge is -2.37. The molecule has 0 aromatic heterocycles. The quantitative estimate of drug-likeness (QED) is 0.119. The predicted molar refractivity (Wildman–Crippen MR) is 210 cm³/mol. The average Bonchev–Trinajstić information content (AvgIpc) is 2.95. The smallest absolute Gasteiger partial charge is 0.324 e. The minimum atomic E-state index is -4.52. The summed E-state index contributed by atoms with van der Waals surface area (Å²) in [6, 6.07) is 0. The van der Waals surface area contributed by atoms with E-state index in [1.165, 1.54) is 5.57 Å². The SMILES string of the molecule is CC1=C(/C=C/C(C)=C/C=C/C(C)=C/C=C/C=C(C)/C=C/C=C(C)/C=C/C2=C(C)C(=O)C(OP(C)(=O)O)CC2(C)C)C(C)(C)CC(OP(=O)(O)O)C1. The van der Waals surface area contributed by atoms with Crippen molar-refractivity contribution in [1.82, 2.24) is 0 Å². The summed E-state index contributed by atoms with van der Waals surface area (Å²) in [6.07, 6.45) is 28.3. The van der Waals surface area contributed by atoms with Crippen molar-refractivity contribution in [3.05, 3.63) is 130 Å². The van der Waals surface area contributed by atoms with Crippen LogP contribution in [-0.2, 0) is 23.0 Å². The number of phosphoric acid groups is 1. The topological polar surface area (TPSA) is 130 Å². The third-order valence-corrected chi connectivity index (χ3v) is 10.1. The van der Waals surface area contributed by atoms with Crippen LogP contribution in [0.5, 0.6) is 0 Å². The molecule has 3 N–H and O–H groups in total. The number of allylic oxidation sites excluding steroid dienone is 20. The monoisotopic (exact) mass is 740 g/mol. The Morgan fingerprint density at radius 2 is 1.12 bits per heavy atom. The number of carbonyl (C=O) groups excluding carboxylic acids is 1. The van der Waals surface area contributed by atoms with Crippen molar-refractivity contribution in [2.75, 3.05) is 6.66 Å². The van der Waals surface area contributed by atoms with E-state index in [1.807, 2.05) is 121 Å². The van der Waals surface area contributed by atoms with Gasteiger partial charge in [-0.25, -0.2) is 4.57 Å². The highest BCUT2D eigenvalue weighted by Crippen LogP contribution is 2.48. The van der Waals surface area contributed by atoms with Gasteiger partial charge in [0.1, 0.15) is 6.10 Å². The maximum atomic E-state index is 12.8. The summed E-state index contributed by atoms with van der Waals surface area (Å²) in [5.41, 5.74) is 7.33. The van der Waals surface area contributed by atoms with Gasteiger partial charge >= 0.3 is 15.4 Å². The molecular formula is C41H58O8P2. The summed E-state index contributed by atoms with van der Waals surface area (Å²) >= 11 is 0. The zero-order valence-corrected chi connectivity index (χ0v) is 33.9. The Labute approximate surface area is 306 Å². The van der Waals surface area contributed by atoms with E-state index in [-0.39, 0.29) is 16.6 Å². The molecule has 0 saturated heterocycles. The molecule has 0 aromatic carbocycles. The first-order valence-corrected chi connectivity index (χ1v) is 20.7. The molecule has 0 radical (unpaired) electrons. The van der Waals surface area contributed by atoms with Crippen molar-refractivity contribution in [3.63, 3.8) is 0 Å². The first-order valence-electron chi connectivity index (χ1n) is 17.2. The fourth-order valence-electron chi connectivity index (χ4n) is 6.41. The summed E-state index contributed by atoms with van der Waals surface area (Å²) in [4.78, 5) is 40.9. The van der Waals surface area contributed by atoms with Crippen LogP contribution in [0.3, 0.4) is 0 Å². The molecule has 2 rings (SSSR count). The van der Waals surface area contributed by atoms with Crippen LogP contribution in [0, 0.1) is 10.8 Å². The fraction of sp³-hybridized carbons (Fsp3) is 0.439. The number of hydrogen-bond donors (Lipinski definition) is 3. The molecule has 0 aliphatic heterocycles. The van der Waals surface area contributed by atoms with Crippen LogP contribution in [-0.4, -0.2) is 39.3 Å². The highest BCUT2D eigenvalue weighted by atomic mass is 31.2. The number of ketones is 1. The summed E-state index contributed by atoms with van der Waals surface area (Å²) in [5.74, 6) is -0.247. The standard InChI is InChI=1S/C41H58O8P2/c1-29(18-14-20-31(3)22-24-36-33(5)26-35(27-40(36,7)8)48-51(45,46)47)16-12-13-17-30(2)19-15-21-32(4)23-25-37-34(6)39(42)38(28-41(37,9)10)49-50(11,43)44/h12-25,35,38H,26-28H2,1-11H3,(H,43,44)(H2,45,46,47)/b13-12+,18-14+,19-15+,24-22+,25-23+,29-16+,30-17+,31-20+,32-21+. The molecule has 0 amide bonds. The van der Waals surface area contributed by atoms with Crippen molar-refractivity contribution < 1.29 is 37.7 Å². The highest BCUT2D eigenvalue weighted by molar-refractivity contribution is 7.52. The largest absolute Gasteiger partial charge is 0.469 e. The molecule has 10 heteroatoms. The Bertz CT molecular complexity index is 1740. The number of Topliss-reactive ketones (excluding diaryl/α,β-unsaturated/α-hetero) is 1. The maximum absolute atomic E-state index is 12.8. The van der Waals surface area contributed by atoms with Gasteiger partial charge in [-0.2, -0.15) is 0 Å². The molecule has 0 fully saturated rings. The predicted octanol–water partition coefficient (Wildman–Crippen LogP) is 10.7. The minimum absolute atomic E-state index is 0.247. The fourth-order valence-corrected chi connectivity index (χ4v) is 7.59. The normalized spacial score (nSPS) is 24.4. The second-order valence-electron chi connectivity index (χ2n) is 15.0. The molecule has 0 aromatic rings. The van der Waals surface area contributed by atoms with E-state index in [2.05, 4.69) is 26.0 Å². The van der Waals surface area contributed by atoms with E-state index in [1.54, 1.807) is 6.92 Å². The van der Waals surface area contributed by atoms with Crippen molar-refractivity contribution in [1.29, 1.82) is 0 Å². The molecule has 3 atom stereocenters. The molecule has 280 valence electrons. The van der Waals surface area contributed by atoms with Gasteiger partial charge in [-0.3, -0.25) is 18.4 Å². The number of rotatable bonds is 14. The second-order valence-corrected chi connectivity index (χ2v) is 18.0. The number of carbonyl (C=O) groups is 1. The van der Waals surface area contributed by atoms with Gasteiger partial charge in [0.15, 0.2) is 5.78 Å². The number of hydrogen-bond acceptors (Lipinski definition) is 5. The van der Waals surface area contributed by atoms with Gasteiger partial charge in [-0.05, 0) is 88.4 Å². The zero-order valence-electron chi connectivity index (χ0n) is 32.1. The summed E-state index contributed by atoms with van der Waals surface area (Å²) in [7, 11) is -8.30. The van der Waals surface area contributed by atoms with Crippen molar-refractivity contribution in [2.45, 2.75) is 101 Å². The summed E-state index contributed by atoms with van der Waals surface area (Å²) < 4.78 is 33.3. The number of phosphoric ester groups is 1. The third kappa shape index (κ3) is 15.7. The molecule has 0 spiro atoms. The molecule has 0 heterocycles. The molecule has 3 unspecified atom stereocenters. The molecule has 8 nitrogen and oxygen atoms in total. The average molecular weight is 741 g/mol. The first kappa shape index (κ1) is 44.2. The lowest BCUT2D eigenvalue weighted by molar-refractivity contribution is -0.124. The zero-order chi connectivity index (χ0) is 38.8. The summed E-state index contributed by atoms with van der Waals surface area (Å²) in [6.45, 7) is 21.1. The Morgan fingerprint density at radius 3 is 1.57 bits per heavy atom. The molecule has 51 heavy (non-hydrogen) atoms. The van der Waals surface area contributed by atoms with Crippen molar-refractivity contribution in [3.8, 4) is 0 Å². The van der Waals surface area contributed by atoms with E-state index >= 15 is 0 Å². The Morgan fingerprint density at radius 1 is 0.686 bits per heavy atom. The van der Waals surface area contributed by atoms with Crippen LogP contribution < -0.4 is 0 Å². The van der Waals surface area contributed by atoms with Gasteiger partial charge in [-0.15, -0.1) is 0 Å². The van der Waals surface area contributed by atoms with E-state index in [0.717, 1.165) is 40.1 Å². The van der Waals surface area contributed by atoms with E-state index in [0.29, 0.717) is 24.8 Å². The Balaban J connectivity index is 1.97. The first-order chi connectivity index (χ1) is 23.4. The summed E-state index contributed by atoms with van der Waals surface area (Å²) in [5, 5.41) is 0. The van der Waals surface area contributed by atoms with Gasteiger partial charge in [0.2, 0.25) is 0 Å². The molecular weight excluding hydrogens is 682 g/mol. The third-order valence-electron chi connectivity index (χ3n) is 8.85. The lowest BCUT2D eigenvalue weighted by atomic mass is 9.71. The van der Waals surface area contributed by atoms with Crippen LogP contribution in [0.2, 0.25) is 0 Å². The lowest BCUT2D eigenvalue weighted by Crippen LogP contribution is -2.37. The van der Waals surface area contributed by atoms with Crippen LogP contribution in [0.1, 0.15) is 88.5 Å². The van der Waals surface area contributed by atoms with Crippen LogP contribution >= 0.6 is 15.4 Å². The van der Waals surface area contributed by atoms with Gasteiger partial charge < -0.3 is 14.7 Å². The van der Waals surface area contributed by atoms with E-state index < -0.39 is 27.6 Å². The van der Waals surface area contributed by atoms with Gasteiger partial charge in [0.05, 0.1) is 6.10 Å². The Kier molecular flexibility index (Phi) is 16.2. The minimum Gasteiger partial charge on any atom is -0.324 e. The van der Waals surface area contributed by atoms with Gasteiger partial charge in [-0.1, -0.05) is 141 Å². The van der Waals surface area contributed by atoms with Crippen LogP contribution in [0.15, 0.2) is 130 Å². The Hall–Kier alpha value is -2.93. The molecule has 2 aliphatic rings. The van der Waals surface area contributed by atoms with Crippen molar-refractivity contribution in [2.24, 2.45) is 10.8 Å². The molecule has 2 aliphatic carbocycles. The van der Waals surface area contributed by atoms with E-state index in [9.17, 15) is 28.6 Å².